The molecule has 226 valence electrons. The third kappa shape index (κ3) is 5.29. The molecule has 5 aromatic rings. The van der Waals surface area contributed by atoms with Gasteiger partial charge in [0.1, 0.15) is 24.2 Å². The summed E-state index contributed by atoms with van der Waals surface area (Å²) in [7, 11) is 0.805. The van der Waals surface area contributed by atoms with Crippen molar-refractivity contribution in [1.29, 1.82) is 0 Å². The van der Waals surface area contributed by atoms with Crippen molar-refractivity contribution in [3.8, 4) is 16.9 Å². The standard InChI is InChI=1S/C30H31BrN9O3P/c1-39-14-17(12-35-39)20-10-24(26(42-2)11-25(20)40-15-19-9-18(40)16-43-19)37-30-34-13-21(31)29(38-30)36-23-6-5-22-27(33-8-7-32-22)28(23)44(3,4)41/h5-8,10-14,18-19H,9,15-16H2,1-4H3,(H2,34,36,37,38). The molecular formula is C30H31BrN9O3P. The fourth-order valence-electron chi connectivity index (χ4n) is 5.99. The van der Waals surface area contributed by atoms with Gasteiger partial charge in [-0.2, -0.15) is 10.1 Å². The summed E-state index contributed by atoms with van der Waals surface area (Å²) in [6.07, 6.45) is 10.0. The highest BCUT2D eigenvalue weighted by Crippen LogP contribution is 2.44. The molecule has 2 aromatic carbocycles. The quantitative estimate of drug-likeness (QED) is 0.208. The van der Waals surface area contributed by atoms with E-state index in [9.17, 15) is 4.57 Å². The molecule has 2 bridgehead atoms. The summed E-state index contributed by atoms with van der Waals surface area (Å²) >= 11 is 3.57. The second kappa shape index (κ2) is 11.1. The number of fused-ring (bicyclic) bond motifs is 3. The zero-order valence-corrected chi connectivity index (χ0v) is 27.1. The van der Waals surface area contributed by atoms with Crippen molar-refractivity contribution in [2.45, 2.75) is 18.6 Å². The Hall–Kier alpha value is -4.06. The molecule has 14 heteroatoms. The molecule has 3 aromatic heterocycles. The van der Waals surface area contributed by atoms with Gasteiger partial charge in [-0.05, 0) is 53.9 Å². The molecule has 0 saturated carbocycles. The second-order valence-electron chi connectivity index (χ2n) is 11.3. The van der Waals surface area contributed by atoms with Crippen LogP contribution in [0.2, 0.25) is 0 Å². The molecule has 5 heterocycles. The number of anilines is 5. The Balaban J connectivity index is 1.26. The van der Waals surface area contributed by atoms with Crippen LogP contribution in [-0.2, 0) is 16.3 Å². The smallest absolute Gasteiger partial charge is 0.229 e. The number of aryl methyl sites for hydroxylation is 1. The van der Waals surface area contributed by atoms with Crippen molar-refractivity contribution in [2.75, 3.05) is 49.1 Å². The molecule has 2 aliphatic rings. The van der Waals surface area contributed by atoms with E-state index in [2.05, 4.69) is 63.6 Å². The second-order valence-corrected chi connectivity index (χ2v) is 15.3. The number of nitrogens with one attached hydrogen (secondary N) is 2. The van der Waals surface area contributed by atoms with E-state index in [0.29, 0.717) is 55.7 Å². The highest BCUT2D eigenvalue weighted by Gasteiger charge is 2.40. The highest BCUT2D eigenvalue weighted by molar-refractivity contribution is 9.10. The fraction of sp³-hybridized carbons (Fsp3) is 0.300. The van der Waals surface area contributed by atoms with E-state index in [1.54, 1.807) is 43.7 Å². The van der Waals surface area contributed by atoms with Crippen LogP contribution in [0, 0.1) is 0 Å². The lowest BCUT2D eigenvalue weighted by Crippen LogP contribution is -2.37. The Labute approximate surface area is 262 Å². The van der Waals surface area contributed by atoms with Crippen LogP contribution in [0.25, 0.3) is 22.2 Å². The number of halogens is 1. The predicted octanol–water partition coefficient (Wildman–Crippen LogP) is 5.30. The van der Waals surface area contributed by atoms with Crippen LogP contribution in [0.3, 0.4) is 0 Å². The van der Waals surface area contributed by atoms with Gasteiger partial charge in [-0.1, -0.05) is 0 Å². The summed E-state index contributed by atoms with van der Waals surface area (Å²) in [5, 5.41) is 11.8. The first-order valence-electron chi connectivity index (χ1n) is 14.1. The molecule has 2 fully saturated rings. The molecule has 2 N–H and O–H groups in total. The average Bonchev–Trinajstić information content (AvgIpc) is 3.76. The van der Waals surface area contributed by atoms with Gasteiger partial charge in [-0.25, -0.2) is 4.98 Å². The summed E-state index contributed by atoms with van der Waals surface area (Å²) in [6.45, 7) is 5.00. The Morgan fingerprint density at radius 2 is 1.93 bits per heavy atom. The van der Waals surface area contributed by atoms with Crippen LogP contribution >= 0.6 is 23.1 Å². The minimum atomic E-state index is -2.76. The average molecular weight is 677 g/mol. The van der Waals surface area contributed by atoms with E-state index in [-0.39, 0.29) is 6.10 Å². The van der Waals surface area contributed by atoms with Gasteiger partial charge in [0.05, 0.1) is 58.7 Å². The molecule has 0 radical (unpaired) electrons. The maximum atomic E-state index is 13.4. The third-order valence-electron chi connectivity index (χ3n) is 7.94. The molecule has 0 spiro atoms. The first-order valence-corrected chi connectivity index (χ1v) is 17.5. The molecule has 2 unspecified atom stereocenters. The normalized spacial score (nSPS) is 17.8. The Morgan fingerprint density at radius 3 is 2.64 bits per heavy atom. The van der Waals surface area contributed by atoms with Crippen molar-refractivity contribution in [2.24, 2.45) is 7.05 Å². The first kappa shape index (κ1) is 28.7. The largest absolute Gasteiger partial charge is 0.494 e. The monoisotopic (exact) mass is 675 g/mol. The summed E-state index contributed by atoms with van der Waals surface area (Å²) in [4.78, 5) is 20.6. The van der Waals surface area contributed by atoms with E-state index in [4.69, 9.17) is 14.5 Å². The minimum absolute atomic E-state index is 0.247. The Bertz CT molecular complexity index is 1950. The van der Waals surface area contributed by atoms with Gasteiger partial charge >= 0.3 is 0 Å². The molecule has 2 saturated heterocycles. The number of hydrogen-bond acceptors (Lipinski definition) is 11. The van der Waals surface area contributed by atoms with E-state index >= 15 is 0 Å². The van der Waals surface area contributed by atoms with E-state index in [1.807, 2.05) is 31.6 Å². The number of methoxy groups -OCH3 is 1. The van der Waals surface area contributed by atoms with Gasteiger partial charge in [0.2, 0.25) is 5.95 Å². The molecule has 7 rings (SSSR count). The molecule has 0 aliphatic carbocycles. The molecule has 12 nitrogen and oxygen atoms in total. The lowest BCUT2D eigenvalue weighted by atomic mass is 10.0. The summed E-state index contributed by atoms with van der Waals surface area (Å²) in [5.41, 5.74) is 5.71. The van der Waals surface area contributed by atoms with Crippen molar-refractivity contribution < 1.29 is 14.0 Å². The molecule has 2 aliphatic heterocycles. The fourth-order valence-corrected chi connectivity index (χ4v) is 7.67. The predicted molar refractivity (Wildman–Crippen MR) is 176 cm³/mol. The lowest BCUT2D eigenvalue weighted by molar-refractivity contribution is 0.0991. The van der Waals surface area contributed by atoms with Crippen LogP contribution in [0.15, 0.2) is 59.7 Å². The van der Waals surface area contributed by atoms with Crippen LogP contribution in [0.4, 0.5) is 28.8 Å². The third-order valence-corrected chi connectivity index (χ3v) is 10.0. The van der Waals surface area contributed by atoms with Gasteiger partial charge in [-0.3, -0.25) is 14.6 Å². The highest BCUT2D eigenvalue weighted by atomic mass is 79.9. The van der Waals surface area contributed by atoms with Gasteiger partial charge in [-0.15, -0.1) is 0 Å². The number of ether oxygens (including phenoxy) is 2. The van der Waals surface area contributed by atoms with E-state index in [1.165, 1.54) is 0 Å². The first-order chi connectivity index (χ1) is 21.2. The Kier molecular flexibility index (Phi) is 7.26. The maximum Gasteiger partial charge on any atom is 0.229 e. The van der Waals surface area contributed by atoms with Gasteiger partial charge in [0.25, 0.3) is 0 Å². The van der Waals surface area contributed by atoms with E-state index in [0.717, 1.165) is 36.4 Å². The number of morpholine rings is 1. The molecule has 2 atom stereocenters. The van der Waals surface area contributed by atoms with Crippen LogP contribution in [0.5, 0.6) is 5.75 Å². The van der Waals surface area contributed by atoms with Crippen LogP contribution < -0.4 is 25.6 Å². The lowest BCUT2D eigenvalue weighted by Gasteiger charge is -2.31. The van der Waals surface area contributed by atoms with Crippen molar-refractivity contribution in [3.63, 3.8) is 0 Å². The van der Waals surface area contributed by atoms with Crippen LogP contribution in [-0.4, -0.2) is 75.5 Å². The topological polar surface area (TPSA) is 132 Å². The Morgan fingerprint density at radius 1 is 1.09 bits per heavy atom. The molecular weight excluding hydrogens is 645 g/mol. The van der Waals surface area contributed by atoms with Crippen molar-refractivity contribution >= 4 is 68.2 Å². The summed E-state index contributed by atoms with van der Waals surface area (Å²) in [6, 6.07) is 8.15. The zero-order chi connectivity index (χ0) is 30.6. The van der Waals surface area contributed by atoms with Gasteiger partial charge in [0, 0.05) is 61.3 Å². The number of nitrogens with zero attached hydrogens (tertiary/aromatic N) is 7. The number of hydrogen-bond donors (Lipinski definition) is 2. The number of aromatic nitrogens is 6. The van der Waals surface area contributed by atoms with Gasteiger partial charge < -0.3 is 29.6 Å². The number of rotatable bonds is 8. The van der Waals surface area contributed by atoms with Crippen LogP contribution in [0.1, 0.15) is 6.42 Å². The molecule has 0 amide bonds. The minimum Gasteiger partial charge on any atom is -0.494 e. The van der Waals surface area contributed by atoms with Crippen molar-refractivity contribution in [3.05, 3.63) is 59.7 Å². The molecule has 44 heavy (non-hydrogen) atoms. The summed E-state index contributed by atoms with van der Waals surface area (Å²) in [5.74, 6) is 1.51. The SMILES string of the molecule is COc1cc(N2CC3CC2CO3)c(-c2cnn(C)c2)cc1Nc1ncc(Br)c(Nc2ccc3nccnc3c2P(C)(C)=O)n1. The number of benzene rings is 2. The van der Waals surface area contributed by atoms with E-state index < -0.39 is 7.14 Å². The maximum absolute atomic E-state index is 13.4. The summed E-state index contributed by atoms with van der Waals surface area (Å²) < 4.78 is 27.6. The van der Waals surface area contributed by atoms with Crippen molar-refractivity contribution in [1.82, 2.24) is 29.7 Å². The zero-order valence-electron chi connectivity index (χ0n) is 24.7. The van der Waals surface area contributed by atoms with Gasteiger partial charge in [0.15, 0.2) is 0 Å².